The molecule has 2 amide bonds. The van der Waals surface area contributed by atoms with Gasteiger partial charge >= 0.3 is 11.9 Å². The summed E-state index contributed by atoms with van der Waals surface area (Å²) in [6.07, 6.45) is -1.46. The molecular formula is C22H26N4O8. The van der Waals surface area contributed by atoms with E-state index < -0.39 is 54.3 Å². The van der Waals surface area contributed by atoms with Crippen molar-refractivity contribution in [3.8, 4) is 11.5 Å². The molecule has 2 aromatic rings. The van der Waals surface area contributed by atoms with Crippen molar-refractivity contribution in [1.29, 1.82) is 0 Å². The summed E-state index contributed by atoms with van der Waals surface area (Å²) in [7, 11) is 0. The van der Waals surface area contributed by atoms with E-state index in [1.807, 2.05) is 18.2 Å². The van der Waals surface area contributed by atoms with Crippen molar-refractivity contribution >= 4 is 29.5 Å². The van der Waals surface area contributed by atoms with Crippen molar-refractivity contribution in [2.24, 2.45) is 11.7 Å². The molecule has 5 N–H and O–H groups in total. The number of aryl methyl sites for hydroxylation is 1. The van der Waals surface area contributed by atoms with E-state index in [1.54, 1.807) is 12.1 Å². The fourth-order valence-corrected chi connectivity index (χ4v) is 3.15. The van der Waals surface area contributed by atoms with Crippen LogP contribution in [0.4, 0.5) is 0 Å². The maximum absolute atomic E-state index is 12.7. The highest BCUT2D eigenvalue weighted by Gasteiger charge is 2.27. The number of hydrogen-bond acceptors (Lipinski definition) is 8. The largest absolute Gasteiger partial charge is 0.481 e. The Labute approximate surface area is 194 Å². The number of carbonyl (C=O) groups is 5. The van der Waals surface area contributed by atoms with Gasteiger partial charge in [-0.1, -0.05) is 23.4 Å². The van der Waals surface area contributed by atoms with Crippen molar-refractivity contribution < 1.29 is 38.7 Å². The minimum absolute atomic E-state index is 0.0944. The van der Waals surface area contributed by atoms with Crippen LogP contribution in [-0.2, 0) is 30.4 Å². The van der Waals surface area contributed by atoms with E-state index in [-0.39, 0.29) is 37.9 Å². The molecule has 2 atom stereocenters. The number of aromatic nitrogens is 2. The number of carbonyl (C=O) groups excluding carboxylic acids is 3. The second-order valence-corrected chi connectivity index (χ2v) is 7.64. The summed E-state index contributed by atoms with van der Waals surface area (Å²) in [5.41, 5.74) is 5.98. The molecular weight excluding hydrogens is 448 g/mol. The van der Waals surface area contributed by atoms with Crippen LogP contribution < -0.4 is 11.1 Å². The number of Topliss-reactive ketones (excluding diaryl/α,β-unsaturated/α-hetero) is 1. The molecule has 2 rings (SSSR count). The third kappa shape index (κ3) is 8.81. The van der Waals surface area contributed by atoms with Crippen molar-refractivity contribution in [2.75, 3.05) is 0 Å². The Morgan fingerprint density at radius 3 is 2.24 bits per heavy atom. The second-order valence-electron chi connectivity index (χ2n) is 7.64. The highest BCUT2D eigenvalue weighted by molar-refractivity contribution is 5.92. The van der Waals surface area contributed by atoms with Gasteiger partial charge in [0.05, 0.1) is 6.04 Å². The van der Waals surface area contributed by atoms with Crippen LogP contribution in [-0.4, -0.2) is 55.9 Å². The van der Waals surface area contributed by atoms with Gasteiger partial charge < -0.3 is 25.8 Å². The van der Waals surface area contributed by atoms with Crippen LogP contribution in [0.5, 0.6) is 0 Å². The van der Waals surface area contributed by atoms with Gasteiger partial charge in [0, 0.05) is 43.6 Å². The fourth-order valence-electron chi connectivity index (χ4n) is 3.15. The first-order valence-corrected chi connectivity index (χ1v) is 10.6. The minimum atomic E-state index is -1.17. The van der Waals surface area contributed by atoms with Gasteiger partial charge in [-0.05, 0) is 25.0 Å². The first-order valence-electron chi connectivity index (χ1n) is 10.6. The first-order chi connectivity index (χ1) is 16.2. The molecule has 12 nitrogen and oxygen atoms in total. The van der Waals surface area contributed by atoms with E-state index >= 15 is 0 Å². The van der Waals surface area contributed by atoms with Gasteiger partial charge in [-0.25, -0.2) is 0 Å². The van der Waals surface area contributed by atoms with Gasteiger partial charge in [-0.2, -0.15) is 4.98 Å². The average molecular weight is 474 g/mol. The lowest BCUT2D eigenvalue weighted by Crippen LogP contribution is -2.43. The van der Waals surface area contributed by atoms with Gasteiger partial charge in [-0.3, -0.25) is 24.0 Å². The van der Waals surface area contributed by atoms with Crippen molar-refractivity contribution in [3.63, 3.8) is 0 Å². The molecule has 1 aromatic carbocycles. The SMILES string of the molecule is NC(=O)[C@H](CCC(=O)O)CC(=O)[C@H](CCC(=O)O)NC(=O)CCc1noc(-c2ccccc2)n1. The zero-order valence-electron chi connectivity index (χ0n) is 18.3. The number of nitrogens with two attached hydrogens (primary N) is 1. The average Bonchev–Trinajstić information content (AvgIpc) is 3.27. The van der Waals surface area contributed by atoms with Crippen LogP contribution in [0.1, 0.15) is 44.3 Å². The molecule has 12 heteroatoms. The van der Waals surface area contributed by atoms with Crippen LogP contribution in [0.3, 0.4) is 0 Å². The zero-order valence-corrected chi connectivity index (χ0v) is 18.3. The fraction of sp³-hybridized carbons (Fsp3) is 0.409. The number of carboxylic acids is 2. The van der Waals surface area contributed by atoms with Crippen molar-refractivity contribution in [3.05, 3.63) is 36.2 Å². The molecule has 0 unspecified atom stereocenters. The number of aliphatic carboxylic acids is 2. The Bertz CT molecular complexity index is 1020. The summed E-state index contributed by atoms with van der Waals surface area (Å²) in [6.45, 7) is 0. The molecule has 0 bridgehead atoms. The molecule has 0 spiro atoms. The number of nitrogens with zero attached hydrogens (tertiary/aromatic N) is 2. The number of carboxylic acid groups (broad SMARTS) is 2. The summed E-state index contributed by atoms with van der Waals surface area (Å²) in [5, 5.41) is 24.1. The molecule has 0 aliphatic carbocycles. The maximum Gasteiger partial charge on any atom is 0.303 e. The summed E-state index contributed by atoms with van der Waals surface area (Å²) < 4.78 is 5.18. The van der Waals surface area contributed by atoms with E-state index in [9.17, 15) is 24.0 Å². The molecule has 0 saturated heterocycles. The van der Waals surface area contributed by atoms with Gasteiger partial charge in [0.15, 0.2) is 11.6 Å². The topological polar surface area (TPSA) is 203 Å². The lowest BCUT2D eigenvalue weighted by Gasteiger charge is -2.19. The van der Waals surface area contributed by atoms with E-state index in [1.165, 1.54) is 0 Å². The van der Waals surface area contributed by atoms with E-state index in [0.29, 0.717) is 5.89 Å². The minimum Gasteiger partial charge on any atom is -0.481 e. The Morgan fingerprint density at radius 2 is 1.62 bits per heavy atom. The van der Waals surface area contributed by atoms with Gasteiger partial charge in [0.1, 0.15) is 0 Å². The molecule has 182 valence electrons. The quantitative estimate of drug-likeness (QED) is 0.287. The number of benzene rings is 1. The molecule has 0 radical (unpaired) electrons. The number of rotatable bonds is 15. The summed E-state index contributed by atoms with van der Waals surface area (Å²) >= 11 is 0. The molecule has 0 saturated carbocycles. The van der Waals surface area contributed by atoms with Gasteiger partial charge in [0.2, 0.25) is 11.8 Å². The number of primary amides is 1. The smallest absolute Gasteiger partial charge is 0.303 e. The molecule has 0 aliphatic heterocycles. The highest BCUT2D eigenvalue weighted by Crippen LogP contribution is 2.17. The van der Waals surface area contributed by atoms with Crippen molar-refractivity contribution in [2.45, 2.75) is 51.0 Å². The Kier molecular flexibility index (Phi) is 9.87. The van der Waals surface area contributed by atoms with Crippen LogP contribution in [0.15, 0.2) is 34.9 Å². The third-order valence-corrected chi connectivity index (χ3v) is 4.99. The predicted molar refractivity (Wildman–Crippen MR) is 116 cm³/mol. The summed E-state index contributed by atoms with van der Waals surface area (Å²) in [5.74, 6) is -4.76. The summed E-state index contributed by atoms with van der Waals surface area (Å²) in [6, 6.07) is 7.87. The van der Waals surface area contributed by atoms with E-state index in [4.69, 9.17) is 20.5 Å². The maximum atomic E-state index is 12.7. The molecule has 0 aliphatic rings. The third-order valence-electron chi connectivity index (χ3n) is 4.99. The Balaban J connectivity index is 1.96. The lowest BCUT2D eigenvalue weighted by atomic mass is 9.92. The van der Waals surface area contributed by atoms with Crippen LogP contribution in [0, 0.1) is 5.92 Å². The predicted octanol–water partition coefficient (Wildman–Crippen LogP) is 0.944. The lowest BCUT2D eigenvalue weighted by molar-refractivity contribution is -0.139. The van der Waals surface area contributed by atoms with E-state index in [2.05, 4.69) is 15.5 Å². The van der Waals surface area contributed by atoms with Crippen molar-refractivity contribution in [1.82, 2.24) is 15.5 Å². The second kappa shape index (κ2) is 12.8. The normalized spacial score (nSPS) is 12.5. The van der Waals surface area contributed by atoms with Crippen LogP contribution in [0.25, 0.3) is 11.5 Å². The number of ketones is 1. The zero-order chi connectivity index (χ0) is 25.1. The number of nitrogens with one attached hydrogen (secondary N) is 1. The van der Waals surface area contributed by atoms with Crippen LogP contribution >= 0.6 is 0 Å². The monoisotopic (exact) mass is 474 g/mol. The molecule has 1 heterocycles. The van der Waals surface area contributed by atoms with Gasteiger partial charge in [0.25, 0.3) is 5.89 Å². The Hall–Kier alpha value is -4.09. The number of hydrogen-bond donors (Lipinski definition) is 4. The number of amides is 2. The molecule has 0 fully saturated rings. The van der Waals surface area contributed by atoms with Gasteiger partial charge in [-0.15, -0.1) is 0 Å². The first kappa shape index (κ1) is 26.2. The molecule has 1 aromatic heterocycles. The summed E-state index contributed by atoms with van der Waals surface area (Å²) in [4.78, 5) is 62.6. The standard InChI is InChI=1S/C22H26N4O8/c23-21(33)14(6-10-19(29)30)12-16(27)15(7-11-20(31)32)24-18(28)9-8-17-25-22(34-26-17)13-4-2-1-3-5-13/h1-5,14-15H,6-12H2,(H2,23,33)(H,24,28)(H,29,30)(H,31,32)/t14-,15+/m1/s1. The van der Waals surface area contributed by atoms with E-state index in [0.717, 1.165) is 5.56 Å². The van der Waals surface area contributed by atoms with Crippen LogP contribution in [0.2, 0.25) is 0 Å². The Morgan fingerprint density at radius 1 is 0.971 bits per heavy atom. The highest BCUT2D eigenvalue weighted by atomic mass is 16.5. The molecule has 34 heavy (non-hydrogen) atoms.